The molecule has 0 amide bonds. The predicted octanol–water partition coefficient (Wildman–Crippen LogP) is 4.25. The molecule has 2 rings (SSSR count). The molecule has 0 aliphatic carbocycles. The molecule has 160 valence electrons. The van der Waals surface area contributed by atoms with E-state index < -0.39 is 17.6 Å². The average Bonchev–Trinajstić information content (AvgIpc) is 3.05. The molecule has 1 heterocycles. The van der Waals surface area contributed by atoms with E-state index in [9.17, 15) is 17.6 Å². The molecule has 1 atom stereocenters. The Morgan fingerprint density at radius 2 is 2.00 bits per heavy atom. The molecule has 28 heavy (non-hydrogen) atoms. The summed E-state index contributed by atoms with van der Waals surface area (Å²) in [6, 6.07) is 2.69. The number of likely N-dealkylation sites (tertiary alicyclic amines) is 1. The maximum absolute atomic E-state index is 13.2. The van der Waals surface area contributed by atoms with Crippen molar-refractivity contribution in [3.63, 3.8) is 0 Å². The quantitative estimate of drug-likeness (QED) is 0.247. The fourth-order valence-electron chi connectivity index (χ4n) is 3.30. The number of aliphatic imine (C=N–C) groups is 1. The number of hydrogen-bond donors (Lipinski definition) is 2. The average molecular weight is 516 g/mol. The first kappa shape index (κ1) is 24.9. The minimum atomic E-state index is -4.61. The van der Waals surface area contributed by atoms with Gasteiger partial charge in [0, 0.05) is 19.6 Å². The number of hydrogen-bond acceptors (Lipinski definition) is 2. The maximum Gasteiger partial charge on any atom is 0.416 e. The molecule has 0 saturated carbocycles. The third-order valence-corrected chi connectivity index (χ3v) is 4.60. The van der Waals surface area contributed by atoms with Gasteiger partial charge in [0.15, 0.2) is 5.96 Å². The Morgan fingerprint density at radius 3 is 2.64 bits per heavy atom. The van der Waals surface area contributed by atoms with E-state index in [1.165, 1.54) is 0 Å². The van der Waals surface area contributed by atoms with Crippen molar-refractivity contribution >= 4 is 29.9 Å². The zero-order valence-corrected chi connectivity index (χ0v) is 18.6. The third-order valence-electron chi connectivity index (χ3n) is 4.60. The van der Waals surface area contributed by atoms with E-state index in [2.05, 4.69) is 27.4 Å². The minimum absolute atomic E-state index is 0. The second-order valence-electron chi connectivity index (χ2n) is 6.83. The number of alkyl halides is 3. The van der Waals surface area contributed by atoms with Crippen LogP contribution in [0, 0.1) is 11.7 Å². The molecule has 1 aliphatic rings. The van der Waals surface area contributed by atoms with Gasteiger partial charge in [-0.2, -0.15) is 13.2 Å². The Kier molecular flexibility index (Phi) is 10.5. The highest BCUT2D eigenvalue weighted by Crippen LogP contribution is 2.32. The van der Waals surface area contributed by atoms with Crippen LogP contribution in [-0.4, -0.2) is 43.6 Å². The lowest BCUT2D eigenvalue weighted by molar-refractivity contribution is -0.138. The van der Waals surface area contributed by atoms with Crippen LogP contribution >= 0.6 is 24.0 Å². The van der Waals surface area contributed by atoms with Gasteiger partial charge in [-0.05, 0) is 56.5 Å². The topological polar surface area (TPSA) is 39.7 Å². The van der Waals surface area contributed by atoms with Crippen LogP contribution in [0.25, 0.3) is 0 Å². The van der Waals surface area contributed by atoms with E-state index in [4.69, 9.17) is 0 Å². The largest absolute Gasteiger partial charge is 0.416 e. The highest BCUT2D eigenvalue weighted by atomic mass is 127. The van der Waals surface area contributed by atoms with Gasteiger partial charge in [0.05, 0.1) is 12.1 Å². The van der Waals surface area contributed by atoms with Gasteiger partial charge in [-0.3, -0.25) is 0 Å². The summed E-state index contributed by atoms with van der Waals surface area (Å²) in [7, 11) is 0. The van der Waals surface area contributed by atoms with Gasteiger partial charge in [0.25, 0.3) is 0 Å². The lowest BCUT2D eigenvalue weighted by Crippen LogP contribution is -2.40. The van der Waals surface area contributed by atoms with E-state index >= 15 is 0 Å². The molecule has 1 aromatic rings. The minimum Gasteiger partial charge on any atom is -0.357 e. The fraction of sp³-hybridized carbons (Fsp3) is 0.632. The Bertz CT molecular complexity index is 637. The van der Waals surface area contributed by atoms with Crippen molar-refractivity contribution < 1.29 is 17.6 Å². The second-order valence-corrected chi connectivity index (χ2v) is 6.83. The number of nitrogens with one attached hydrogen (secondary N) is 2. The first-order valence-electron chi connectivity index (χ1n) is 9.43. The Morgan fingerprint density at radius 1 is 1.25 bits per heavy atom. The van der Waals surface area contributed by atoms with Gasteiger partial charge in [0.1, 0.15) is 5.82 Å². The Balaban J connectivity index is 0.00000392. The van der Waals surface area contributed by atoms with E-state index in [-0.39, 0.29) is 36.1 Å². The van der Waals surface area contributed by atoms with Crippen LogP contribution in [0.3, 0.4) is 0 Å². The molecular formula is C19H29F4IN4. The van der Waals surface area contributed by atoms with Crippen LogP contribution in [0.15, 0.2) is 23.2 Å². The highest BCUT2D eigenvalue weighted by Gasteiger charge is 2.33. The van der Waals surface area contributed by atoms with Crippen molar-refractivity contribution in [1.29, 1.82) is 0 Å². The monoisotopic (exact) mass is 516 g/mol. The van der Waals surface area contributed by atoms with Crippen molar-refractivity contribution in [2.24, 2.45) is 10.9 Å². The summed E-state index contributed by atoms with van der Waals surface area (Å²) in [5, 5.41) is 6.27. The number of guanidine groups is 1. The lowest BCUT2D eigenvalue weighted by Gasteiger charge is -2.17. The first-order valence-corrected chi connectivity index (χ1v) is 9.43. The first-order chi connectivity index (χ1) is 12.8. The summed E-state index contributed by atoms with van der Waals surface area (Å²) in [4.78, 5) is 6.68. The van der Waals surface area contributed by atoms with Crippen molar-refractivity contribution in [1.82, 2.24) is 15.5 Å². The van der Waals surface area contributed by atoms with Crippen LogP contribution in [0.4, 0.5) is 17.6 Å². The summed E-state index contributed by atoms with van der Waals surface area (Å²) in [6.07, 6.45) is -2.38. The molecule has 0 spiro atoms. The predicted molar refractivity (Wildman–Crippen MR) is 114 cm³/mol. The molecule has 2 N–H and O–H groups in total. The van der Waals surface area contributed by atoms with E-state index in [1.807, 2.05) is 6.92 Å². The molecule has 1 saturated heterocycles. The summed E-state index contributed by atoms with van der Waals surface area (Å²) < 4.78 is 52.5. The van der Waals surface area contributed by atoms with Crippen molar-refractivity contribution in [2.75, 3.05) is 32.7 Å². The molecular weight excluding hydrogens is 487 g/mol. The number of rotatable bonds is 7. The molecule has 4 nitrogen and oxygen atoms in total. The molecule has 0 radical (unpaired) electrons. The Labute approximate surface area is 181 Å². The SMILES string of the molecule is CCCN1CCC(CNC(=NCc2ccc(F)cc2C(F)(F)F)NCC)C1.I. The molecule has 1 aromatic carbocycles. The Hall–Kier alpha value is -1.10. The zero-order valence-electron chi connectivity index (χ0n) is 16.3. The molecule has 1 unspecified atom stereocenters. The van der Waals surface area contributed by atoms with Crippen LogP contribution < -0.4 is 10.6 Å². The zero-order chi connectivity index (χ0) is 19.9. The van der Waals surface area contributed by atoms with Crippen LogP contribution in [-0.2, 0) is 12.7 Å². The summed E-state index contributed by atoms with van der Waals surface area (Å²) in [6.45, 7) is 8.41. The molecule has 0 bridgehead atoms. The second kappa shape index (κ2) is 11.8. The smallest absolute Gasteiger partial charge is 0.357 e. The van der Waals surface area contributed by atoms with Crippen LogP contribution in [0.1, 0.15) is 37.8 Å². The fourth-order valence-corrected chi connectivity index (χ4v) is 3.30. The molecule has 1 fully saturated rings. The van der Waals surface area contributed by atoms with Crippen molar-refractivity contribution in [3.05, 3.63) is 35.1 Å². The van der Waals surface area contributed by atoms with E-state index in [0.29, 0.717) is 24.5 Å². The van der Waals surface area contributed by atoms with E-state index in [1.54, 1.807) is 0 Å². The number of halogens is 5. The van der Waals surface area contributed by atoms with Gasteiger partial charge in [-0.15, -0.1) is 24.0 Å². The molecule has 1 aliphatic heterocycles. The third kappa shape index (κ3) is 7.73. The molecule has 9 heteroatoms. The highest BCUT2D eigenvalue weighted by molar-refractivity contribution is 14.0. The summed E-state index contributed by atoms with van der Waals surface area (Å²) in [5.74, 6) is 0.0683. The number of nitrogens with zero attached hydrogens (tertiary/aromatic N) is 2. The maximum atomic E-state index is 13.2. The van der Waals surface area contributed by atoms with E-state index in [0.717, 1.165) is 51.2 Å². The normalized spacial score (nSPS) is 18.1. The summed E-state index contributed by atoms with van der Waals surface area (Å²) in [5.41, 5.74) is -1.02. The van der Waals surface area contributed by atoms with Gasteiger partial charge >= 0.3 is 6.18 Å². The standard InChI is InChI=1S/C19H28F4N4.HI/c1-3-8-27-9-7-14(13-27)11-25-18(24-4-2)26-12-15-5-6-16(20)10-17(15)19(21,22)23;/h5-6,10,14H,3-4,7-9,11-13H2,1-2H3,(H2,24,25,26);1H. The van der Waals surface area contributed by atoms with Gasteiger partial charge in [0.2, 0.25) is 0 Å². The van der Waals surface area contributed by atoms with Gasteiger partial charge in [-0.25, -0.2) is 9.38 Å². The van der Waals surface area contributed by atoms with Crippen LogP contribution in [0.2, 0.25) is 0 Å². The lowest BCUT2D eigenvalue weighted by atomic mass is 10.1. The molecule has 0 aromatic heterocycles. The van der Waals surface area contributed by atoms with Crippen molar-refractivity contribution in [2.45, 2.75) is 39.4 Å². The van der Waals surface area contributed by atoms with Crippen LogP contribution in [0.5, 0.6) is 0 Å². The number of benzene rings is 1. The summed E-state index contributed by atoms with van der Waals surface area (Å²) >= 11 is 0. The van der Waals surface area contributed by atoms with Gasteiger partial charge in [-0.1, -0.05) is 13.0 Å². The van der Waals surface area contributed by atoms with Crippen molar-refractivity contribution in [3.8, 4) is 0 Å². The van der Waals surface area contributed by atoms with Gasteiger partial charge < -0.3 is 15.5 Å².